The summed E-state index contributed by atoms with van der Waals surface area (Å²) in [6.07, 6.45) is 2.19. The van der Waals surface area contributed by atoms with Gasteiger partial charge in [-0.05, 0) is 30.2 Å². The molecule has 0 atom stereocenters. The second kappa shape index (κ2) is 6.55. The molecule has 0 fully saturated rings. The molecule has 0 saturated heterocycles. The Morgan fingerprint density at radius 3 is 2.90 bits per heavy atom. The fraction of sp³-hybridized carbons (Fsp3) is 0.308. The molecule has 1 aromatic rings. The topological polar surface area (TPSA) is 89.0 Å². The molecule has 20 heavy (non-hydrogen) atoms. The van der Waals surface area contributed by atoms with Gasteiger partial charge in [0.05, 0.1) is 6.21 Å². The van der Waals surface area contributed by atoms with E-state index in [1.54, 1.807) is 18.2 Å². The number of ether oxygens (including phenoxy) is 2. The molecule has 0 unspecified atom stereocenters. The van der Waals surface area contributed by atoms with Crippen molar-refractivity contribution in [3.05, 3.63) is 23.8 Å². The third-order valence-corrected chi connectivity index (χ3v) is 2.52. The van der Waals surface area contributed by atoms with Gasteiger partial charge in [-0.1, -0.05) is 6.92 Å². The number of fused-ring (bicyclic) bond motifs is 1. The van der Waals surface area contributed by atoms with Crippen molar-refractivity contribution in [3.8, 4) is 11.5 Å². The lowest BCUT2D eigenvalue weighted by Gasteiger charge is -2.01. The number of benzene rings is 1. The first-order valence-electron chi connectivity index (χ1n) is 6.21. The first kappa shape index (κ1) is 13.9. The van der Waals surface area contributed by atoms with Crippen LogP contribution in [0.25, 0.3) is 0 Å². The zero-order chi connectivity index (χ0) is 14.4. The van der Waals surface area contributed by atoms with E-state index in [1.807, 2.05) is 6.92 Å². The molecule has 7 nitrogen and oxygen atoms in total. The van der Waals surface area contributed by atoms with E-state index in [1.165, 1.54) is 6.21 Å². The number of nitrogens with zero attached hydrogens (tertiary/aromatic N) is 1. The number of hydrogen-bond donors (Lipinski definition) is 2. The molecule has 2 rings (SSSR count). The van der Waals surface area contributed by atoms with Gasteiger partial charge in [0.25, 0.3) is 0 Å². The molecule has 2 amide bonds. The fourth-order valence-electron chi connectivity index (χ4n) is 1.53. The number of amides is 2. The minimum atomic E-state index is -0.796. The summed E-state index contributed by atoms with van der Waals surface area (Å²) >= 11 is 0. The second-order valence-corrected chi connectivity index (χ2v) is 4.07. The Kier molecular flexibility index (Phi) is 4.54. The molecule has 0 saturated carbocycles. The first-order chi connectivity index (χ1) is 9.70. The molecular formula is C13H15N3O4. The molecule has 1 heterocycles. The predicted molar refractivity (Wildman–Crippen MR) is 71.6 cm³/mol. The van der Waals surface area contributed by atoms with Crippen LogP contribution in [0.5, 0.6) is 11.5 Å². The summed E-state index contributed by atoms with van der Waals surface area (Å²) in [6.45, 7) is 2.55. The van der Waals surface area contributed by atoms with Crippen molar-refractivity contribution >= 4 is 18.0 Å². The lowest BCUT2D eigenvalue weighted by molar-refractivity contribution is -0.139. The molecule has 0 bridgehead atoms. The van der Waals surface area contributed by atoms with Crippen molar-refractivity contribution in [2.45, 2.75) is 13.3 Å². The van der Waals surface area contributed by atoms with Gasteiger partial charge in [-0.3, -0.25) is 9.59 Å². The first-order valence-corrected chi connectivity index (χ1v) is 6.21. The van der Waals surface area contributed by atoms with E-state index in [2.05, 4.69) is 15.8 Å². The molecule has 0 spiro atoms. The highest BCUT2D eigenvalue weighted by Crippen LogP contribution is 2.31. The Bertz CT molecular complexity index is 542. The standard InChI is InChI=1S/C13H15N3O4/c1-2-5-14-12(17)13(18)16-15-7-9-3-4-10-11(6-9)20-8-19-10/h3-4,6-7H,2,5,8H2,1H3,(H,14,17)(H,16,18)/b15-7+. The Morgan fingerprint density at radius 1 is 1.30 bits per heavy atom. The van der Waals surface area contributed by atoms with Gasteiger partial charge in [0, 0.05) is 6.54 Å². The number of nitrogens with one attached hydrogen (secondary N) is 2. The molecule has 0 aliphatic carbocycles. The summed E-state index contributed by atoms with van der Waals surface area (Å²) in [5, 5.41) is 6.17. The highest BCUT2D eigenvalue weighted by Gasteiger charge is 2.13. The smallest absolute Gasteiger partial charge is 0.329 e. The molecule has 106 valence electrons. The normalized spacial score (nSPS) is 12.4. The van der Waals surface area contributed by atoms with Gasteiger partial charge in [-0.15, -0.1) is 0 Å². The number of carbonyl (C=O) groups is 2. The van der Waals surface area contributed by atoms with E-state index in [9.17, 15) is 9.59 Å². The minimum Gasteiger partial charge on any atom is -0.454 e. The lowest BCUT2D eigenvalue weighted by atomic mass is 10.2. The maximum absolute atomic E-state index is 11.3. The largest absolute Gasteiger partial charge is 0.454 e. The van der Waals surface area contributed by atoms with Gasteiger partial charge in [-0.25, -0.2) is 5.43 Å². The molecular weight excluding hydrogens is 262 g/mol. The van der Waals surface area contributed by atoms with Crippen molar-refractivity contribution in [1.82, 2.24) is 10.7 Å². The maximum Gasteiger partial charge on any atom is 0.329 e. The Hall–Kier alpha value is -2.57. The summed E-state index contributed by atoms with van der Waals surface area (Å²) in [5.41, 5.74) is 2.88. The van der Waals surface area contributed by atoms with Crippen LogP contribution in [0.3, 0.4) is 0 Å². The average molecular weight is 277 g/mol. The molecule has 0 radical (unpaired) electrons. The van der Waals surface area contributed by atoms with Gasteiger partial charge in [0.2, 0.25) is 6.79 Å². The summed E-state index contributed by atoms with van der Waals surface area (Å²) in [4.78, 5) is 22.6. The van der Waals surface area contributed by atoms with Gasteiger partial charge in [0.15, 0.2) is 11.5 Å². The maximum atomic E-state index is 11.3. The van der Waals surface area contributed by atoms with E-state index in [-0.39, 0.29) is 6.79 Å². The number of carbonyl (C=O) groups excluding carboxylic acids is 2. The zero-order valence-electron chi connectivity index (χ0n) is 11.0. The molecule has 2 N–H and O–H groups in total. The Morgan fingerprint density at radius 2 is 2.10 bits per heavy atom. The zero-order valence-corrected chi connectivity index (χ0v) is 11.0. The van der Waals surface area contributed by atoms with Crippen LogP contribution in [0.4, 0.5) is 0 Å². The van der Waals surface area contributed by atoms with E-state index in [0.29, 0.717) is 18.0 Å². The SMILES string of the molecule is CCCNC(=O)C(=O)N/N=C/c1ccc2c(c1)OCO2. The summed E-state index contributed by atoms with van der Waals surface area (Å²) < 4.78 is 10.4. The predicted octanol–water partition coefficient (Wildman–Crippen LogP) is 0.392. The molecule has 1 aliphatic rings. The van der Waals surface area contributed by atoms with Crippen LogP contribution in [-0.2, 0) is 9.59 Å². The van der Waals surface area contributed by atoms with Gasteiger partial charge >= 0.3 is 11.8 Å². The quantitative estimate of drug-likeness (QED) is 0.473. The van der Waals surface area contributed by atoms with Crippen molar-refractivity contribution in [3.63, 3.8) is 0 Å². The minimum absolute atomic E-state index is 0.199. The van der Waals surface area contributed by atoms with Crippen molar-refractivity contribution in [2.75, 3.05) is 13.3 Å². The molecule has 0 aromatic heterocycles. The lowest BCUT2D eigenvalue weighted by Crippen LogP contribution is -2.38. The van der Waals surface area contributed by atoms with Crippen molar-refractivity contribution < 1.29 is 19.1 Å². The van der Waals surface area contributed by atoms with Crippen molar-refractivity contribution in [2.24, 2.45) is 5.10 Å². The third-order valence-electron chi connectivity index (χ3n) is 2.52. The van der Waals surface area contributed by atoms with Crippen LogP contribution in [0.1, 0.15) is 18.9 Å². The summed E-state index contributed by atoms with van der Waals surface area (Å²) in [5.74, 6) is -0.198. The highest BCUT2D eigenvalue weighted by molar-refractivity contribution is 6.35. The molecule has 1 aromatic carbocycles. The van der Waals surface area contributed by atoms with Gasteiger partial charge in [-0.2, -0.15) is 5.10 Å². The average Bonchev–Trinajstić information content (AvgIpc) is 2.92. The number of hydrogen-bond acceptors (Lipinski definition) is 5. The monoisotopic (exact) mass is 277 g/mol. The van der Waals surface area contributed by atoms with E-state index in [0.717, 1.165) is 12.0 Å². The molecule has 1 aliphatic heterocycles. The van der Waals surface area contributed by atoms with Crippen molar-refractivity contribution in [1.29, 1.82) is 0 Å². The summed E-state index contributed by atoms with van der Waals surface area (Å²) in [7, 11) is 0. The number of rotatable bonds is 4. The van der Waals surface area contributed by atoms with Crippen LogP contribution in [-0.4, -0.2) is 31.4 Å². The van der Waals surface area contributed by atoms with Crippen LogP contribution in [0.2, 0.25) is 0 Å². The third kappa shape index (κ3) is 3.47. The van der Waals surface area contributed by atoms with Crippen LogP contribution >= 0.6 is 0 Å². The van der Waals surface area contributed by atoms with E-state index in [4.69, 9.17) is 9.47 Å². The van der Waals surface area contributed by atoms with Gasteiger partial charge in [0.1, 0.15) is 0 Å². The van der Waals surface area contributed by atoms with Gasteiger partial charge < -0.3 is 14.8 Å². The number of hydrazone groups is 1. The van der Waals surface area contributed by atoms with E-state index >= 15 is 0 Å². The van der Waals surface area contributed by atoms with Crippen LogP contribution in [0, 0.1) is 0 Å². The summed E-state index contributed by atoms with van der Waals surface area (Å²) in [6, 6.07) is 5.24. The van der Waals surface area contributed by atoms with Crippen LogP contribution in [0.15, 0.2) is 23.3 Å². The fourth-order valence-corrected chi connectivity index (χ4v) is 1.53. The second-order valence-electron chi connectivity index (χ2n) is 4.07. The van der Waals surface area contributed by atoms with E-state index < -0.39 is 11.8 Å². The van der Waals surface area contributed by atoms with Crippen LogP contribution < -0.4 is 20.2 Å². The highest BCUT2D eigenvalue weighted by atomic mass is 16.7. The Labute approximate surface area is 115 Å². The molecule has 7 heteroatoms. The Balaban J connectivity index is 1.87.